The summed E-state index contributed by atoms with van der Waals surface area (Å²) in [5.74, 6) is 0.376. The van der Waals surface area contributed by atoms with Crippen LogP contribution in [0.4, 0.5) is 5.69 Å². The highest BCUT2D eigenvalue weighted by Crippen LogP contribution is 2.20. The molecular formula is C17H24ClN3O. The van der Waals surface area contributed by atoms with E-state index in [1.807, 2.05) is 19.1 Å². The number of rotatable bonds is 5. The molecule has 2 rings (SSSR count). The highest BCUT2D eigenvalue weighted by atomic mass is 35.5. The topological polar surface area (TPSA) is 53.5 Å². The van der Waals surface area contributed by atoms with Gasteiger partial charge in [-0.15, -0.1) is 0 Å². The number of amides is 1. The molecule has 22 heavy (non-hydrogen) atoms. The van der Waals surface area contributed by atoms with Crippen LogP contribution in [0.1, 0.15) is 46.0 Å². The molecule has 1 aromatic rings. The summed E-state index contributed by atoms with van der Waals surface area (Å²) in [5, 5.41) is 8.24. The molecule has 1 aliphatic carbocycles. The number of benzene rings is 1. The molecule has 1 fully saturated rings. The van der Waals surface area contributed by atoms with Gasteiger partial charge in [0, 0.05) is 16.4 Å². The zero-order valence-electron chi connectivity index (χ0n) is 13.2. The summed E-state index contributed by atoms with van der Waals surface area (Å²) in [6, 6.07) is 7.04. The minimum absolute atomic E-state index is 0.0947. The van der Waals surface area contributed by atoms with Crippen molar-refractivity contribution in [1.29, 1.82) is 0 Å². The number of anilines is 1. The molecule has 0 aliphatic heterocycles. The van der Waals surface area contributed by atoms with E-state index < -0.39 is 0 Å². The van der Waals surface area contributed by atoms with Crippen LogP contribution < -0.4 is 10.7 Å². The summed E-state index contributed by atoms with van der Waals surface area (Å²) in [7, 11) is 0. The van der Waals surface area contributed by atoms with Gasteiger partial charge in [-0.25, -0.2) is 5.43 Å². The Labute approximate surface area is 137 Å². The van der Waals surface area contributed by atoms with Crippen molar-refractivity contribution in [2.45, 2.75) is 52.0 Å². The van der Waals surface area contributed by atoms with Crippen LogP contribution in [0, 0.1) is 5.92 Å². The van der Waals surface area contributed by atoms with E-state index in [-0.39, 0.29) is 11.9 Å². The highest BCUT2D eigenvalue weighted by molar-refractivity contribution is 6.30. The lowest BCUT2D eigenvalue weighted by molar-refractivity contribution is -0.121. The van der Waals surface area contributed by atoms with Gasteiger partial charge in [0.2, 0.25) is 0 Å². The van der Waals surface area contributed by atoms with E-state index in [2.05, 4.69) is 22.8 Å². The Morgan fingerprint density at radius 2 is 2.09 bits per heavy atom. The Morgan fingerprint density at radius 1 is 1.36 bits per heavy atom. The first-order valence-corrected chi connectivity index (χ1v) is 8.36. The van der Waals surface area contributed by atoms with Crippen LogP contribution in [-0.4, -0.2) is 17.7 Å². The molecule has 2 atom stereocenters. The molecule has 0 heterocycles. The van der Waals surface area contributed by atoms with E-state index in [1.54, 1.807) is 12.1 Å². The van der Waals surface area contributed by atoms with Gasteiger partial charge in [-0.2, -0.15) is 5.10 Å². The van der Waals surface area contributed by atoms with E-state index >= 15 is 0 Å². The average molecular weight is 322 g/mol. The summed E-state index contributed by atoms with van der Waals surface area (Å²) < 4.78 is 0. The average Bonchev–Trinajstić information content (AvgIpc) is 2.53. The fraction of sp³-hybridized carbons (Fsp3) is 0.529. The SMILES string of the molecule is CC[C@@H](Nc1ccc(Cl)cc1)C(=O)N/N=C1/CCCC[C@@H]1C. The Kier molecular flexibility index (Phi) is 6.25. The van der Waals surface area contributed by atoms with Gasteiger partial charge in [0.25, 0.3) is 5.91 Å². The van der Waals surface area contributed by atoms with Crippen LogP contribution in [0.2, 0.25) is 5.02 Å². The van der Waals surface area contributed by atoms with Gasteiger partial charge in [0.05, 0.1) is 0 Å². The molecule has 4 nitrogen and oxygen atoms in total. The summed E-state index contributed by atoms with van der Waals surface area (Å²) >= 11 is 5.87. The van der Waals surface area contributed by atoms with Crippen molar-refractivity contribution in [2.24, 2.45) is 11.0 Å². The minimum Gasteiger partial charge on any atom is -0.374 e. The predicted octanol–water partition coefficient (Wildman–Crippen LogP) is 4.21. The maximum absolute atomic E-state index is 12.3. The van der Waals surface area contributed by atoms with Crippen LogP contribution >= 0.6 is 11.6 Å². The first-order valence-electron chi connectivity index (χ1n) is 7.98. The highest BCUT2D eigenvalue weighted by Gasteiger charge is 2.19. The molecule has 1 aromatic carbocycles. The fourth-order valence-corrected chi connectivity index (χ4v) is 2.77. The van der Waals surface area contributed by atoms with Crippen molar-refractivity contribution >= 4 is 28.9 Å². The quantitative estimate of drug-likeness (QED) is 0.798. The van der Waals surface area contributed by atoms with Gasteiger partial charge in [0.15, 0.2) is 0 Å². The number of carbonyl (C=O) groups excluding carboxylic acids is 1. The number of nitrogens with one attached hydrogen (secondary N) is 2. The van der Waals surface area contributed by atoms with Gasteiger partial charge >= 0.3 is 0 Å². The van der Waals surface area contributed by atoms with E-state index in [0.29, 0.717) is 17.4 Å². The number of hydrogen-bond donors (Lipinski definition) is 2. The van der Waals surface area contributed by atoms with Gasteiger partial charge < -0.3 is 5.32 Å². The number of hydrogen-bond acceptors (Lipinski definition) is 3. The smallest absolute Gasteiger partial charge is 0.262 e. The molecule has 5 heteroatoms. The summed E-state index contributed by atoms with van der Waals surface area (Å²) in [6.45, 7) is 4.15. The number of nitrogens with zero attached hydrogens (tertiary/aromatic N) is 1. The Morgan fingerprint density at radius 3 is 2.73 bits per heavy atom. The third kappa shape index (κ3) is 4.73. The Hall–Kier alpha value is -1.55. The van der Waals surface area contributed by atoms with Crippen molar-refractivity contribution in [3.63, 3.8) is 0 Å². The zero-order valence-corrected chi connectivity index (χ0v) is 14.0. The van der Waals surface area contributed by atoms with Crippen molar-refractivity contribution in [2.75, 3.05) is 5.32 Å². The van der Waals surface area contributed by atoms with Gasteiger partial charge in [0.1, 0.15) is 6.04 Å². The lowest BCUT2D eigenvalue weighted by atomic mass is 9.89. The molecule has 2 N–H and O–H groups in total. The molecule has 0 spiro atoms. The van der Waals surface area contributed by atoms with Gasteiger partial charge in [-0.1, -0.05) is 31.9 Å². The molecule has 0 saturated heterocycles. The van der Waals surface area contributed by atoms with Crippen molar-refractivity contribution < 1.29 is 4.79 Å². The molecule has 0 unspecified atom stereocenters. The lowest BCUT2D eigenvalue weighted by Crippen LogP contribution is -2.37. The largest absolute Gasteiger partial charge is 0.374 e. The van der Waals surface area contributed by atoms with E-state index in [1.165, 1.54) is 12.8 Å². The first-order chi connectivity index (χ1) is 10.6. The second kappa shape index (κ2) is 8.18. The summed E-state index contributed by atoms with van der Waals surface area (Å²) in [4.78, 5) is 12.3. The summed E-state index contributed by atoms with van der Waals surface area (Å²) in [5.41, 5.74) is 4.72. The maximum atomic E-state index is 12.3. The zero-order chi connectivity index (χ0) is 15.9. The lowest BCUT2D eigenvalue weighted by Gasteiger charge is -2.21. The molecule has 0 aromatic heterocycles. The van der Waals surface area contributed by atoms with Crippen LogP contribution in [0.15, 0.2) is 29.4 Å². The Balaban J connectivity index is 1.93. The predicted molar refractivity (Wildman–Crippen MR) is 92.4 cm³/mol. The van der Waals surface area contributed by atoms with E-state index in [9.17, 15) is 4.79 Å². The van der Waals surface area contributed by atoms with Crippen molar-refractivity contribution in [3.05, 3.63) is 29.3 Å². The molecule has 1 saturated carbocycles. The van der Waals surface area contributed by atoms with Crippen LogP contribution in [0.25, 0.3) is 0 Å². The molecular weight excluding hydrogens is 298 g/mol. The Bertz CT molecular complexity index is 527. The minimum atomic E-state index is -0.301. The van der Waals surface area contributed by atoms with Crippen molar-refractivity contribution in [3.8, 4) is 0 Å². The van der Waals surface area contributed by atoms with E-state index in [4.69, 9.17) is 11.6 Å². The second-order valence-electron chi connectivity index (χ2n) is 5.84. The monoisotopic (exact) mass is 321 g/mol. The third-order valence-electron chi connectivity index (χ3n) is 4.11. The van der Waals surface area contributed by atoms with Crippen LogP contribution in [0.5, 0.6) is 0 Å². The first kappa shape index (κ1) is 16.8. The normalized spacial score (nSPS) is 21.4. The number of carbonyl (C=O) groups is 1. The van der Waals surface area contributed by atoms with Crippen LogP contribution in [0.3, 0.4) is 0 Å². The van der Waals surface area contributed by atoms with Gasteiger partial charge in [-0.3, -0.25) is 4.79 Å². The maximum Gasteiger partial charge on any atom is 0.262 e. The van der Waals surface area contributed by atoms with Crippen molar-refractivity contribution in [1.82, 2.24) is 5.43 Å². The molecule has 0 radical (unpaired) electrons. The molecule has 0 bridgehead atoms. The second-order valence-corrected chi connectivity index (χ2v) is 6.27. The molecule has 120 valence electrons. The standard InChI is InChI=1S/C17H24ClN3O/c1-3-15(19-14-10-8-13(18)9-11-14)17(22)21-20-16-7-5-4-6-12(16)2/h8-12,15,19H,3-7H2,1-2H3,(H,21,22)/b20-16-/t12-,15+/m0/s1. The molecule has 1 aliphatic rings. The third-order valence-corrected chi connectivity index (χ3v) is 4.36. The fourth-order valence-electron chi connectivity index (χ4n) is 2.64. The molecule has 1 amide bonds. The summed E-state index contributed by atoms with van der Waals surface area (Å²) in [6.07, 6.45) is 5.26. The van der Waals surface area contributed by atoms with E-state index in [0.717, 1.165) is 24.2 Å². The van der Waals surface area contributed by atoms with Crippen LogP contribution in [-0.2, 0) is 4.79 Å². The van der Waals surface area contributed by atoms with Gasteiger partial charge in [-0.05, 0) is 55.9 Å². The number of hydrazone groups is 1. The number of halogens is 1.